The highest BCUT2D eigenvalue weighted by atomic mass is 16.5. The van der Waals surface area contributed by atoms with Gasteiger partial charge in [0.1, 0.15) is 11.6 Å². The van der Waals surface area contributed by atoms with Crippen LogP contribution in [0.5, 0.6) is 5.75 Å². The Labute approximate surface area is 112 Å². The average molecular weight is 256 g/mol. The summed E-state index contributed by atoms with van der Waals surface area (Å²) in [5.74, 6) is 0.955. The first-order valence-electron chi connectivity index (χ1n) is 6.05. The van der Waals surface area contributed by atoms with E-state index in [1.165, 1.54) is 0 Å². The molecule has 3 N–H and O–H groups in total. The Balaban J connectivity index is 2.13. The zero-order valence-corrected chi connectivity index (χ0v) is 10.5. The Hall–Kier alpha value is -2.49. The largest absolute Gasteiger partial charge is 0.492 e. The zero-order valence-electron chi connectivity index (χ0n) is 10.5. The van der Waals surface area contributed by atoms with Gasteiger partial charge in [0.2, 0.25) is 0 Å². The van der Waals surface area contributed by atoms with Crippen molar-refractivity contribution < 1.29 is 9.94 Å². The summed E-state index contributed by atoms with van der Waals surface area (Å²) in [6, 6.07) is 17.8. The summed E-state index contributed by atoms with van der Waals surface area (Å²) in [5, 5.41) is 11.4. The Morgan fingerprint density at radius 3 is 2.47 bits per heavy atom. The van der Waals surface area contributed by atoms with Crippen LogP contribution in [0.2, 0.25) is 0 Å². The van der Waals surface area contributed by atoms with Gasteiger partial charge in [-0.15, -0.1) is 0 Å². The van der Waals surface area contributed by atoms with E-state index in [9.17, 15) is 0 Å². The van der Waals surface area contributed by atoms with Crippen LogP contribution in [-0.2, 0) is 0 Å². The minimum atomic E-state index is 0.164. The molecule has 2 aromatic rings. The van der Waals surface area contributed by atoms with Crippen molar-refractivity contribution in [3.05, 3.63) is 54.6 Å². The van der Waals surface area contributed by atoms with Gasteiger partial charge in [-0.25, -0.2) is 0 Å². The third kappa shape index (κ3) is 3.48. The number of benzene rings is 2. The van der Waals surface area contributed by atoms with E-state index in [0.29, 0.717) is 13.0 Å². The van der Waals surface area contributed by atoms with Crippen molar-refractivity contribution in [2.24, 2.45) is 10.9 Å². The minimum Gasteiger partial charge on any atom is -0.492 e. The Morgan fingerprint density at radius 1 is 1.05 bits per heavy atom. The molecule has 0 aliphatic carbocycles. The van der Waals surface area contributed by atoms with Crippen LogP contribution in [0.25, 0.3) is 11.1 Å². The molecule has 98 valence electrons. The molecule has 0 heterocycles. The lowest BCUT2D eigenvalue weighted by Crippen LogP contribution is -2.15. The molecule has 0 fully saturated rings. The summed E-state index contributed by atoms with van der Waals surface area (Å²) < 4.78 is 5.69. The Kier molecular flexibility index (Phi) is 4.39. The summed E-state index contributed by atoms with van der Waals surface area (Å²) in [4.78, 5) is 0. The highest BCUT2D eigenvalue weighted by molar-refractivity contribution is 5.79. The first-order valence-corrected chi connectivity index (χ1v) is 6.05. The molecule has 2 rings (SSSR count). The SMILES string of the molecule is N/C(CCOc1ccccc1-c1ccccc1)=N\O. The molecule has 0 spiro atoms. The first kappa shape index (κ1) is 13.0. The maximum atomic E-state index is 8.47. The van der Waals surface area contributed by atoms with Crippen LogP contribution in [0.3, 0.4) is 0 Å². The predicted octanol–water partition coefficient (Wildman–Crippen LogP) is 2.87. The molecule has 4 heteroatoms. The summed E-state index contributed by atoms with van der Waals surface area (Å²) in [6.07, 6.45) is 0.389. The normalized spacial score (nSPS) is 11.3. The second-order valence-electron chi connectivity index (χ2n) is 4.05. The summed E-state index contributed by atoms with van der Waals surface area (Å²) in [7, 11) is 0. The van der Waals surface area contributed by atoms with Crippen molar-refractivity contribution in [3.8, 4) is 16.9 Å². The molecule has 0 aliphatic rings. The van der Waals surface area contributed by atoms with Crippen molar-refractivity contribution >= 4 is 5.84 Å². The number of amidine groups is 1. The standard InChI is InChI=1S/C15H16N2O2/c16-15(17-18)10-11-19-14-9-5-4-8-13(14)12-6-2-1-3-7-12/h1-9,18H,10-11H2,(H2,16,17). The van der Waals surface area contributed by atoms with E-state index >= 15 is 0 Å². The number of oxime groups is 1. The molecular weight excluding hydrogens is 240 g/mol. The number of ether oxygens (including phenoxy) is 1. The van der Waals surface area contributed by atoms with Gasteiger partial charge in [0, 0.05) is 12.0 Å². The molecule has 0 atom stereocenters. The maximum Gasteiger partial charge on any atom is 0.142 e. The van der Waals surface area contributed by atoms with Crippen molar-refractivity contribution in [1.82, 2.24) is 0 Å². The fourth-order valence-electron chi connectivity index (χ4n) is 1.76. The van der Waals surface area contributed by atoms with E-state index in [4.69, 9.17) is 15.7 Å². The number of hydrogen-bond donors (Lipinski definition) is 2. The molecule has 0 unspecified atom stereocenters. The van der Waals surface area contributed by atoms with Crippen LogP contribution in [0.15, 0.2) is 59.8 Å². The lowest BCUT2D eigenvalue weighted by atomic mass is 10.1. The second kappa shape index (κ2) is 6.44. The van der Waals surface area contributed by atoms with Crippen molar-refractivity contribution in [1.29, 1.82) is 0 Å². The zero-order chi connectivity index (χ0) is 13.5. The van der Waals surface area contributed by atoms with E-state index < -0.39 is 0 Å². The Bertz CT molecular complexity index is 553. The third-order valence-corrected chi connectivity index (χ3v) is 2.72. The van der Waals surface area contributed by atoms with Crippen molar-refractivity contribution in [2.45, 2.75) is 6.42 Å². The van der Waals surface area contributed by atoms with E-state index in [1.807, 2.05) is 54.6 Å². The highest BCUT2D eigenvalue weighted by Crippen LogP contribution is 2.29. The van der Waals surface area contributed by atoms with Crippen LogP contribution in [0.1, 0.15) is 6.42 Å². The van der Waals surface area contributed by atoms with Gasteiger partial charge in [-0.2, -0.15) is 0 Å². The van der Waals surface area contributed by atoms with E-state index in [2.05, 4.69) is 5.16 Å². The smallest absolute Gasteiger partial charge is 0.142 e. The molecule has 0 aromatic heterocycles. The molecule has 0 saturated carbocycles. The van der Waals surface area contributed by atoms with Crippen molar-refractivity contribution in [2.75, 3.05) is 6.61 Å². The fourth-order valence-corrected chi connectivity index (χ4v) is 1.76. The number of nitrogens with two attached hydrogens (primary N) is 1. The van der Waals surface area contributed by atoms with Gasteiger partial charge >= 0.3 is 0 Å². The molecule has 0 amide bonds. The fraction of sp³-hybridized carbons (Fsp3) is 0.133. The lowest BCUT2D eigenvalue weighted by molar-refractivity contribution is 0.306. The number of nitrogens with zero attached hydrogens (tertiary/aromatic N) is 1. The summed E-state index contributed by atoms with van der Waals surface area (Å²) >= 11 is 0. The first-order chi connectivity index (χ1) is 9.31. The van der Waals surface area contributed by atoms with Crippen LogP contribution in [0, 0.1) is 0 Å². The molecule has 19 heavy (non-hydrogen) atoms. The molecule has 0 aliphatic heterocycles. The summed E-state index contributed by atoms with van der Waals surface area (Å²) in [6.45, 7) is 0.375. The van der Waals surface area contributed by atoms with Gasteiger partial charge in [-0.1, -0.05) is 53.7 Å². The molecule has 0 radical (unpaired) electrons. The molecule has 4 nitrogen and oxygen atoms in total. The average Bonchev–Trinajstić information content (AvgIpc) is 2.48. The quantitative estimate of drug-likeness (QED) is 0.374. The van der Waals surface area contributed by atoms with Gasteiger partial charge in [-0.3, -0.25) is 0 Å². The van der Waals surface area contributed by atoms with Crippen LogP contribution in [0.4, 0.5) is 0 Å². The van der Waals surface area contributed by atoms with E-state index in [1.54, 1.807) is 0 Å². The molecule has 0 saturated heterocycles. The predicted molar refractivity (Wildman–Crippen MR) is 75.4 cm³/mol. The second-order valence-corrected chi connectivity index (χ2v) is 4.05. The third-order valence-electron chi connectivity index (χ3n) is 2.72. The van der Waals surface area contributed by atoms with Gasteiger partial charge in [-0.05, 0) is 11.6 Å². The van der Waals surface area contributed by atoms with E-state index in [-0.39, 0.29) is 5.84 Å². The lowest BCUT2D eigenvalue weighted by Gasteiger charge is -2.11. The molecular formula is C15H16N2O2. The highest BCUT2D eigenvalue weighted by Gasteiger charge is 2.05. The topological polar surface area (TPSA) is 67.8 Å². The molecule has 0 bridgehead atoms. The monoisotopic (exact) mass is 256 g/mol. The van der Waals surface area contributed by atoms with Crippen LogP contribution in [-0.4, -0.2) is 17.6 Å². The van der Waals surface area contributed by atoms with Gasteiger partial charge < -0.3 is 15.7 Å². The number of para-hydroxylation sites is 1. The Morgan fingerprint density at radius 2 is 1.74 bits per heavy atom. The molecule has 2 aromatic carbocycles. The van der Waals surface area contributed by atoms with Gasteiger partial charge in [0.05, 0.1) is 6.61 Å². The van der Waals surface area contributed by atoms with Crippen LogP contribution >= 0.6 is 0 Å². The summed E-state index contributed by atoms with van der Waals surface area (Å²) in [5.41, 5.74) is 7.54. The minimum absolute atomic E-state index is 0.164. The van der Waals surface area contributed by atoms with Gasteiger partial charge in [0.15, 0.2) is 0 Å². The number of rotatable bonds is 5. The van der Waals surface area contributed by atoms with E-state index in [0.717, 1.165) is 16.9 Å². The van der Waals surface area contributed by atoms with Crippen LogP contribution < -0.4 is 10.5 Å². The maximum absolute atomic E-state index is 8.47. The van der Waals surface area contributed by atoms with Gasteiger partial charge in [0.25, 0.3) is 0 Å². The van der Waals surface area contributed by atoms with Crippen molar-refractivity contribution in [3.63, 3.8) is 0 Å². The number of hydrogen-bond acceptors (Lipinski definition) is 3.